The Balaban J connectivity index is 2.51. The van der Waals surface area contributed by atoms with Crippen LogP contribution in [0.3, 0.4) is 0 Å². The summed E-state index contributed by atoms with van der Waals surface area (Å²) in [6.45, 7) is 6.59. The number of nitrogens with two attached hydrogens (primary N) is 1. The highest BCUT2D eigenvalue weighted by Gasteiger charge is 2.43. The maximum absolute atomic E-state index is 12.0. The molecule has 0 unspecified atom stereocenters. The number of aryl methyl sites for hydroxylation is 1. The second-order valence-corrected chi connectivity index (χ2v) is 5.13. The number of amides is 2. The van der Waals surface area contributed by atoms with E-state index in [1.807, 2.05) is 39.0 Å². The number of hydrogen-bond acceptors (Lipinski definition) is 2. The number of carbonyl (C=O) groups is 2. The van der Waals surface area contributed by atoms with Crippen molar-refractivity contribution >= 4 is 11.8 Å². The van der Waals surface area contributed by atoms with E-state index in [1.165, 1.54) is 0 Å². The molecule has 4 nitrogen and oxygen atoms in total. The Morgan fingerprint density at radius 1 is 1.42 bits per heavy atom. The molecule has 1 aliphatic rings. The molecule has 2 atom stereocenters. The van der Waals surface area contributed by atoms with Crippen molar-refractivity contribution in [1.29, 1.82) is 0 Å². The summed E-state index contributed by atoms with van der Waals surface area (Å²) >= 11 is 0. The van der Waals surface area contributed by atoms with Crippen LogP contribution < -0.4 is 5.73 Å². The van der Waals surface area contributed by atoms with Crippen LogP contribution in [0.4, 0.5) is 0 Å². The van der Waals surface area contributed by atoms with Gasteiger partial charge in [0.05, 0.1) is 12.0 Å². The summed E-state index contributed by atoms with van der Waals surface area (Å²) in [7, 11) is 0. The van der Waals surface area contributed by atoms with Gasteiger partial charge in [-0.3, -0.25) is 9.59 Å². The number of carbonyl (C=O) groups excluding carboxylic acids is 2. The summed E-state index contributed by atoms with van der Waals surface area (Å²) in [5.74, 6) is -0.805. The molecule has 0 aliphatic carbocycles. The Kier molecular flexibility index (Phi) is 3.60. The van der Waals surface area contributed by atoms with Crippen molar-refractivity contribution in [1.82, 2.24) is 4.90 Å². The van der Waals surface area contributed by atoms with Crippen LogP contribution in [-0.4, -0.2) is 23.3 Å². The van der Waals surface area contributed by atoms with Crippen molar-refractivity contribution in [2.45, 2.75) is 33.2 Å². The van der Waals surface area contributed by atoms with E-state index in [0.717, 1.165) is 16.7 Å². The third-order valence-electron chi connectivity index (χ3n) is 4.10. The number of nitrogens with zero attached hydrogens (tertiary/aromatic N) is 1. The maximum Gasteiger partial charge on any atom is 0.223 e. The molecular formula is C15H20N2O2. The fourth-order valence-corrected chi connectivity index (χ4v) is 2.90. The van der Waals surface area contributed by atoms with Crippen LogP contribution in [0.2, 0.25) is 0 Å². The molecule has 19 heavy (non-hydrogen) atoms. The standard InChI is InChI=1S/C15H20N2O2/c1-4-17-13(18)8-12(15(16)19)14(17)11-7-5-6-9(2)10(11)3/h5-7,12,14H,4,8H2,1-3H3,(H2,16,19)/t12-,14+/m0/s1. The number of rotatable bonds is 3. The van der Waals surface area contributed by atoms with Crippen LogP contribution in [0, 0.1) is 19.8 Å². The Bertz CT molecular complexity index is 525. The SMILES string of the molecule is CCN1C(=O)C[C@H](C(N)=O)[C@H]1c1cccc(C)c1C. The van der Waals surface area contributed by atoms with E-state index < -0.39 is 11.8 Å². The predicted octanol–water partition coefficient (Wildman–Crippen LogP) is 1.70. The highest BCUT2D eigenvalue weighted by atomic mass is 16.2. The second-order valence-electron chi connectivity index (χ2n) is 5.13. The number of benzene rings is 1. The zero-order valence-corrected chi connectivity index (χ0v) is 11.6. The van der Waals surface area contributed by atoms with Crippen molar-refractivity contribution < 1.29 is 9.59 Å². The molecule has 0 aromatic heterocycles. The van der Waals surface area contributed by atoms with Gasteiger partial charge in [0, 0.05) is 13.0 Å². The summed E-state index contributed by atoms with van der Waals surface area (Å²) in [5, 5.41) is 0. The minimum absolute atomic E-state index is 0.0113. The van der Waals surface area contributed by atoms with Gasteiger partial charge in [-0.25, -0.2) is 0 Å². The lowest BCUT2D eigenvalue weighted by atomic mass is 9.89. The van der Waals surface area contributed by atoms with Crippen LogP contribution >= 0.6 is 0 Å². The topological polar surface area (TPSA) is 63.4 Å². The molecule has 1 aromatic carbocycles. The van der Waals surface area contributed by atoms with Crippen molar-refractivity contribution in [2.75, 3.05) is 6.54 Å². The maximum atomic E-state index is 12.0. The summed E-state index contributed by atoms with van der Waals surface area (Å²) in [4.78, 5) is 25.4. The van der Waals surface area contributed by atoms with Gasteiger partial charge >= 0.3 is 0 Å². The molecule has 102 valence electrons. The van der Waals surface area contributed by atoms with E-state index in [1.54, 1.807) is 4.90 Å². The molecule has 1 heterocycles. The molecule has 0 saturated carbocycles. The first-order chi connectivity index (χ1) is 8.97. The number of primary amides is 1. The van der Waals surface area contributed by atoms with E-state index >= 15 is 0 Å². The molecule has 0 bridgehead atoms. The lowest BCUT2D eigenvalue weighted by Crippen LogP contribution is -2.33. The van der Waals surface area contributed by atoms with Crippen molar-refractivity contribution in [2.24, 2.45) is 11.7 Å². The van der Waals surface area contributed by atoms with E-state index in [9.17, 15) is 9.59 Å². The minimum atomic E-state index is -0.423. The Labute approximate surface area is 113 Å². The summed E-state index contributed by atoms with van der Waals surface area (Å²) < 4.78 is 0. The Hall–Kier alpha value is -1.84. The molecule has 2 amide bonds. The average Bonchev–Trinajstić information content (AvgIpc) is 2.69. The van der Waals surface area contributed by atoms with E-state index in [4.69, 9.17) is 5.73 Å². The quantitative estimate of drug-likeness (QED) is 0.899. The first-order valence-corrected chi connectivity index (χ1v) is 6.62. The zero-order chi connectivity index (χ0) is 14.2. The molecule has 1 aliphatic heterocycles. The highest BCUT2D eigenvalue weighted by Crippen LogP contribution is 2.39. The third kappa shape index (κ3) is 2.23. The fraction of sp³-hybridized carbons (Fsp3) is 0.467. The second kappa shape index (κ2) is 5.03. The number of hydrogen-bond donors (Lipinski definition) is 1. The molecule has 2 N–H and O–H groups in total. The molecule has 2 rings (SSSR count). The van der Waals surface area contributed by atoms with Crippen LogP contribution in [0.5, 0.6) is 0 Å². The highest BCUT2D eigenvalue weighted by molar-refractivity contribution is 5.89. The molecule has 1 saturated heterocycles. The lowest BCUT2D eigenvalue weighted by Gasteiger charge is -2.28. The van der Waals surface area contributed by atoms with Crippen LogP contribution in [0.25, 0.3) is 0 Å². The van der Waals surface area contributed by atoms with Gasteiger partial charge in [-0.1, -0.05) is 18.2 Å². The Morgan fingerprint density at radius 3 is 2.68 bits per heavy atom. The molecule has 1 aromatic rings. The normalized spacial score (nSPS) is 22.9. The van der Waals surface area contributed by atoms with Crippen LogP contribution in [0.1, 0.15) is 36.1 Å². The molecule has 0 radical (unpaired) electrons. The lowest BCUT2D eigenvalue weighted by molar-refractivity contribution is -0.129. The summed E-state index contributed by atoms with van der Waals surface area (Å²) in [6, 6.07) is 5.77. The number of likely N-dealkylation sites (tertiary alicyclic amines) is 1. The van der Waals surface area contributed by atoms with Crippen LogP contribution in [0.15, 0.2) is 18.2 Å². The molecular weight excluding hydrogens is 240 g/mol. The predicted molar refractivity (Wildman–Crippen MR) is 73.3 cm³/mol. The van der Waals surface area contributed by atoms with E-state index in [0.29, 0.717) is 6.54 Å². The van der Waals surface area contributed by atoms with Crippen LogP contribution in [-0.2, 0) is 9.59 Å². The van der Waals surface area contributed by atoms with Gasteiger partial charge < -0.3 is 10.6 Å². The first-order valence-electron chi connectivity index (χ1n) is 6.62. The molecule has 4 heteroatoms. The minimum Gasteiger partial charge on any atom is -0.369 e. The smallest absolute Gasteiger partial charge is 0.223 e. The van der Waals surface area contributed by atoms with Crippen molar-refractivity contribution in [3.63, 3.8) is 0 Å². The third-order valence-corrected chi connectivity index (χ3v) is 4.10. The van der Waals surface area contributed by atoms with Gasteiger partial charge in [-0.15, -0.1) is 0 Å². The Morgan fingerprint density at radius 2 is 2.11 bits per heavy atom. The van der Waals surface area contributed by atoms with Crippen molar-refractivity contribution in [3.8, 4) is 0 Å². The van der Waals surface area contributed by atoms with Gasteiger partial charge in [0.25, 0.3) is 0 Å². The molecule has 1 fully saturated rings. The van der Waals surface area contributed by atoms with Gasteiger partial charge in [-0.05, 0) is 37.5 Å². The summed E-state index contributed by atoms with van der Waals surface area (Å²) in [6.07, 6.45) is 0.223. The summed E-state index contributed by atoms with van der Waals surface area (Å²) in [5.41, 5.74) is 8.81. The van der Waals surface area contributed by atoms with Crippen molar-refractivity contribution in [3.05, 3.63) is 34.9 Å². The average molecular weight is 260 g/mol. The van der Waals surface area contributed by atoms with Gasteiger partial charge in [0.15, 0.2) is 0 Å². The fourth-order valence-electron chi connectivity index (χ4n) is 2.90. The van der Waals surface area contributed by atoms with Gasteiger partial charge in [-0.2, -0.15) is 0 Å². The zero-order valence-electron chi connectivity index (χ0n) is 11.6. The molecule has 0 spiro atoms. The van der Waals surface area contributed by atoms with E-state index in [2.05, 4.69) is 0 Å². The van der Waals surface area contributed by atoms with Gasteiger partial charge in [0.2, 0.25) is 11.8 Å². The van der Waals surface area contributed by atoms with Gasteiger partial charge in [0.1, 0.15) is 0 Å². The monoisotopic (exact) mass is 260 g/mol. The first kappa shape index (κ1) is 13.6. The largest absolute Gasteiger partial charge is 0.369 e. The van der Waals surface area contributed by atoms with E-state index in [-0.39, 0.29) is 18.4 Å².